The Balaban J connectivity index is 0.00000164. The third-order valence-corrected chi connectivity index (χ3v) is 6.86. The second kappa shape index (κ2) is 13.4. The van der Waals surface area contributed by atoms with Crippen LogP contribution in [0.2, 0.25) is 0 Å². The van der Waals surface area contributed by atoms with Crippen molar-refractivity contribution in [3.8, 4) is 16.8 Å². The number of aryl methyl sites for hydroxylation is 1. The van der Waals surface area contributed by atoms with Crippen molar-refractivity contribution < 1.29 is 9.21 Å². The number of carbonyl (C=O) groups is 1. The molecule has 38 heavy (non-hydrogen) atoms. The van der Waals surface area contributed by atoms with E-state index < -0.39 is 0 Å². The first kappa shape index (κ1) is 26.8. The summed E-state index contributed by atoms with van der Waals surface area (Å²) in [6.45, 7) is 6.02. The minimum atomic E-state index is -0.350. The van der Waals surface area contributed by atoms with Gasteiger partial charge in [0, 0.05) is 28.5 Å². The zero-order valence-corrected chi connectivity index (χ0v) is 22.6. The fourth-order valence-electron chi connectivity index (χ4n) is 4.07. The number of nitrogens with zero attached hydrogens (tertiary/aromatic N) is 2. The van der Waals surface area contributed by atoms with Crippen molar-refractivity contribution in [3.05, 3.63) is 127 Å². The molecule has 0 aliphatic carbocycles. The Morgan fingerprint density at radius 1 is 0.974 bits per heavy atom. The Morgan fingerprint density at radius 2 is 1.76 bits per heavy atom. The van der Waals surface area contributed by atoms with Gasteiger partial charge >= 0.3 is 6.03 Å². The van der Waals surface area contributed by atoms with E-state index in [1.54, 1.807) is 18.7 Å². The van der Waals surface area contributed by atoms with Gasteiger partial charge in [-0.3, -0.25) is 4.72 Å². The van der Waals surface area contributed by atoms with Crippen LogP contribution in [-0.4, -0.2) is 15.6 Å². The molecular formula is C31H32N4O2S. The topological polar surface area (TPSA) is 72.1 Å². The Kier molecular flexibility index (Phi) is 9.43. The molecule has 0 unspecified atom stereocenters. The largest absolute Gasteiger partial charge is 0.472 e. The Morgan fingerprint density at radius 3 is 2.53 bits per heavy atom. The molecule has 5 aromatic rings. The monoisotopic (exact) mass is 524 g/mol. The highest BCUT2D eigenvalue weighted by molar-refractivity contribution is 7.98. The molecule has 6 nitrogen and oxygen atoms in total. The minimum Gasteiger partial charge on any atom is -0.472 e. The molecule has 3 aromatic carbocycles. The summed E-state index contributed by atoms with van der Waals surface area (Å²) in [5, 5.41) is 3.14. The summed E-state index contributed by atoms with van der Waals surface area (Å²) in [7, 11) is 0. The lowest BCUT2D eigenvalue weighted by Gasteiger charge is -2.21. The van der Waals surface area contributed by atoms with Crippen LogP contribution in [-0.2, 0) is 6.42 Å². The summed E-state index contributed by atoms with van der Waals surface area (Å²) < 4.78 is 10.2. The smallest absolute Gasteiger partial charge is 0.325 e. The number of urea groups is 1. The first-order chi connectivity index (χ1) is 18.7. The highest BCUT2D eigenvalue weighted by atomic mass is 32.2. The Hall–Kier alpha value is -4.23. The number of furan rings is 1. The molecule has 0 saturated heterocycles. The lowest BCUT2D eigenvalue weighted by atomic mass is 10.0. The van der Waals surface area contributed by atoms with Crippen LogP contribution >= 0.6 is 11.9 Å². The normalized spacial score (nSPS) is 11.2. The number of benzene rings is 3. The molecular weight excluding hydrogens is 492 g/mol. The minimum absolute atomic E-state index is 0.272. The van der Waals surface area contributed by atoms with Crippen molar-refractivity contribution in [3.63, 3.8) is 0 Å². The molecule has 0 bridgehead atoms. The van der Waals surface area contributed by atoms with Crippen molar-refractivity contribution in [1.29, 1.82) is 0 Å². The predicted molar refractivity (Wildman–Crippen MR) is 154 cm³/mol. The Labute approximate surface area is 228 Å². The first-order valence-electron chi connectivity index (χ1n) is 12.7. The van der Waals surface area contributed by atoms with Crippen LogP contribution in [0.4, 0.5) is 4.79 Å². The van der Waals surface area contributed by atoms with Crippen molar-refractivity contribution in [2.75, 3.05) is 0 Å². The van der Waals surface area contributed by atoms with Crippen LogP contribution in [0.15, 0.2) is 119 Å². The number of nitrogens with one attached hydrogen (secondary N) is 2. The van der Waals surface area contributed by atoms with Gasteiger partial charge in [0.05, 0.1) is 18.6 Å². The van der Waals surface area contributed by atoms with E-state index in [9.17, 15) is 4.79 Å². The number of imidazole rings is 1. The molecule has 2 N–H and O–H groups in total. The van der Waals surface area contributed by atoms with E-state index in [4.69, 9.17) is 4.42 Å². The van der Waals surface area contributed by atoms with E-state index in [0.717, 1.165) is 38.7 Å². The Bertz CT molecular complexity index is 1430. The number of rotatable bonds is 8. The number of amides is 2. The summed E-state index contributed by atoms with van der Waals surface area (Å²) >= 11 is 1.30. The van der Waals surface area contributed by atoms with Crippen LogP contribution in [0, 0.1) is 6.92 Å². The van der Waals surface area contributed by atoms with E-state index in [2.05, 4.69) is 33.2 Å². The van der Waals surface area contributed by atoms with Gasteiger partial charge in [-0.05, 0) is 66.2 Å². The summed E-state index contributed by atoms with van der Waals surface area (Å²) in [6, 6.07) is 27.5. The highest BCUT2D eigenvalue weighted by Gasteiger charge is 2.21. The van der Waals surface area contributed by atoms with Crippen LogP contribution < -0.4 is 10.0 Å². The van der Waals surface area contributed by atoms with Crippen LogP contribution in [0.1, 0.15) is 36.8 Å². The molecule has 0 spiro atoms. The molecule has 2 aromatic heterocycles. The molecule has 0 aliphatic rings. The van der Waals surface area contributed by atoms with Crippen molar-refractivity contribution in [2.24, 2.45) is 0 Å². The SMILES string of the molecule is CC.Cc1ccccc1SNC(=O)N[C@@H](Cc1ccccc1)c1nccn1-c1cccc(-c2ccoc2)c1. The van der Waals surface area contributed by atoms with E-state index in [1.165, 1.54) is 11.9 Å². The average Bonchev–Trinajstić information content (AvgIpc) is 3.67. The number of carbonyl (C=O) groups excluding carboxylic acids is 1. The molecule has 0 radical (unpaired) electrons. The molecule has 7 heteroatoms. The molecule has 194 valence electrons. The zero-order valence-electron chi connectivity index (χ0n) is 21.8. The van der Waals surface area contributed by atoms with E-state index in [0.29, 0.717) is 6.42 Å². The first-order valence-corrected chi connectivity index (χ1v) is 13.5. The van der Waals surface area contributed by atoms with E-state index in [1.807, 2.05) is 98.3 Å². The molecule has 1 atom stereocenters. The lowest BCUT2D eigenvalue weighted by Crippen LogP contribution is -2.36. The highest BCUT2D eigenvalue weighted by Crippen LogP contribution is 2.26. The van der Waals surface area contributed by atoms with Crippen molar-refractivity contribution in [2.45, 2.75) is 38.1 Å². The fraction of sp³-hybridized carbons (Fsp3) is 0.161. The zero-order chi connectivity index (χ0) is 26.7. The third kappa shape index (κ3) is 6.75. The van der Waals surface area contributed by atoms with Crippen LogP contribution in [0.3, 0.4) is 0 Å². The summed E-state index contributed by atoms with van der Waals surface area (Å²) in [6.07, 6.45) is 7.67. The van der Waals surface area contributed by atoms with Crippen molar-refractivity contribution in [1.82, 2.24) is 19.6 Å². The van der Waals surface area contributed by atoms with E-state index in [-0.39, 0.29) is 12.1 Å². The van der Waals surface area contributed by atoms with E-state index >= 15 is 0 Å². The number of hydrogen-bond acceptors (Lipinski definition) is 4. The second-order valence-electron chi connectivity index (χ2n) is 8.40. The van der Waals surface area contributed by atoms with Gasteiger partial charge in [-0.15, -0.1) is 0 Å². The summed E-state index contributed by atoms with van der Waals surface area (Å²) in [5.41, 5.74) is 5.22. The van der Waals surface area contributed by atoms with Gasteiger partial charge in [0.1, 0.15) is 5.82 Å². The average molecular weight is 525 g/mol. The van der Waals surface area contributed by atoms with Gasteiger partial charge in [-0.2, -0.15) is 0 Å². The molecule has 0 aliphatic heterocycles. The summed E-state index contributed by atoms with van der Waals surface area (Å²) in [5.74, 6) is 0.749. The van der Waals surface area contributed by atoms with Crippen LogP contribution in [0.5, 0.6) is 0 Å². The molecule has 0 saturated carbocycles. The fourth-order valence-corrected chi connectivity index (χ4v) is 4.71. The number of hydrogen-bond donors (Lipinski definition) is 2. The summed E-state index contributed by atoms with van der Waals surface area (Å²) in [4.78, 5) is 18.7. The van der Waals surface area contributed by atoms with Gasteiger partial charge in [0.15, 0.2) is 0 Å². The van der Waals surface area contributed by atoms with Gasteiger partial charge in [-0.1, -0.05) is 74.5 Å². The maximum Gasteiger partial charge on any atom is 0.325 e. The predicted octanol–water partition coefficient (Wildman–Crippen LogP) is 7.76. The maximum absolute atomic E-state index is 13.0. The lowest BCUT2D eigenvalue weighted by molar-refractivity contribution is 0.242. The molecule has 2 heterocycles. The molecule has 5 rings (SSSR count). The third-order valence-electron chi connectivity index (χ3n) is 5.90. The molecule has 2 amide bonds. The van der Waals surface area contributed by atoms with Gasteiger partial charge in [-0.25, -0.2) is 9.78 Å². The molecule has 0 fully saturated rings. The standard InChI is InChI=1S/C29H26N4O2S.C2H6/c1-21-8-5-6-13-27(21)36-32-29(34)31-26(18-22-9-3-2-4-10-22)28-30-15-16-33(28)25-12-7-11-23(19-25)24-14-17-35-20-24;1-2/h2-17,19-20,26H,18H2,1H3,(H2,31,32,34);1-2H3/t26-;/m0./s1. The van der Waals surface area contributed by atoms with Gasteiger partial charge < -0.3 is 14.3 Å². The quantitative estimate of drug-likeness (QED) is 0.204. The van der Waals surface area contributed by atoms with Crippen molar-refractivity contribution >= 4 is 18.0 Å². The maximum atomic E-state index is 13.0. The second-order valence-corrected chi connectivity index (χ2v) is 9.25. The van der Waals surface area contributed by atoms with Gasteiger partial charge in [0.2, 0.25) is 0 Å². The van der Waals surface area contributed by atoms with Gasteiger partial charge in [0.25, 0.3) is 0 Å². The number of aromatic nitrogens is 2. The van der Waals surface area contributed by atoms with Crippen LogP contribution in [0.25, 0.3) is 16.8 Å².